The second-order valence-electron chi connectivity index (χ2n) is 4.15. The van der Waals surface area contributed by atoms with Crippen molar-refractivity contribution < 1.29 is 14.3 Å². The maximum atomic E-state index is 12.9. The van der Waals surface area contributed by atoms with Crippen molar-refractivity contribution in [2.45, 2.75) is 19.9 Å². The van der Waals surface area contributed by atoms with Crippen LogP contribution in [0.1, 0.15) is 24.2 Å². The molecule has 1 aromatic rings. The minimum atomic E-state index is -0.602. The average Bonchev–Trinajstić information content (AvgIpc) is 2.24. The molecule has 18 heavy (non-hydrogen) atoms. The van der Waals surface area contributed by atoms with E-state index in [1.54, 1.807) is 13.8 Å². The summed E-state index contributed by atoms with van der Waals surface area (Å²) < 4.78 is 12.9. The summed E-state index contributed by atoms with van der Waals surface area (Å²) in [6.45, 7) is 3.72. The summed E-state index contributed by atoms with van der Waals surface area (Å²) in [5.74, 6) is -1.43. The van der Waals surface area contributed by atoms with Crippen LogP contribution in [0.25, 0.3) is 0 Å². The second-order valence-corrected chi connectivity index (χ2v) is 4.68. The van der Waals surface area contributed by atoms with Crippen molar-refractivity contribution in [3.63, 3.8) is 0 Å². The number of nitrogens with two attached hydrogens (primary N) is 1. The number of thiocarbonyl (C=S) groups is 1. The van der Waals surface area contributed by atoms with Crippen LogP contribution in [0.5, 0.6) is 5.75 Å². The van der Waals surface area contributed by atoms with Crippen molar-refractivity contribution in [2.24, 2.45) is 5.73 Å². The summed E-state index contributed by atoms with van der Waals surface area (Å²) >= 11 is 4.78. The molecule has 0 aliphatic carbocycles. The van der Waals surface area contributed by atoms with Crippen molar-refractivity contribution in [2.75, 3.05) is 6.54 Å². The van der Waals surface area contributed by atoms with Crippen LogP contribution in [-0.4, -0.2) is 33.5 Å². The Bertz CT molecular complexity index is 477. The molecule has 0 unspecified atom stereocenters. The predicted molar refractivity (Wildman–Crippen MR) is 71.0 cm³/mol. The number of phenols is 1. The molecular formula is C12H15FN2O2S. The lowest BCUT2D eigenvalue weighted by Crippen LogP contribution is -2.42. The lowest BCUT2D eigenvalue weighted by Gasteiger charge is -2.26. The number of hydrogen-bond donors (Lipinski definition) is 2. The van der Waals surface area contributed by atoms with E-state index >= 15 is 0 Å². The number of rotatable bonds is 4. The zero-order chi connectivity index (χ0) is 13.9. The molecule has 1 amide bonds. The molecule has 98 valence electrons. The van der Waals surface area contributed by atoms with Crippen LogP contribution < -0.4 is 5.73 Å². The molecule has 0 aliphatic rings. The third-order valence-electron chi connectivity index (χ3n) is 2.40. The molecule has 1 aromatic carbocycles. The fourth-order valence-electron chi connectivity index (χ4n) is 1.50. The lowest BCUT2D eigenvalue weighted by atomic mass is 10.1. The van der Waals surface area contributed by atoms with Crippen molar-refractivity contribution >= 4 is 23.1 Å². The van der Waals surface area contributed by atoms with Gasteiger partial charge < -0.3 is 15.7 Å². The maximum Gasteiger partial charge on any atom is 0.258 e. The van der Waals surface area contributed by atoms with Crippen LogP contribution in [0.4, 0.5) is 4.39 Å². The molecule has 0 bridgehead atoms. The number of nitrogens with zero attached hydrogens (tertiary/aromatic N) is 1. The van der Waals surface area contributed by atoms with E-state index < -0.39 is 17.5 Å². The molecular weight excluding hydrogens is 255 g/mol. The first kappa shape index (κ1) is 14.4. The largest absolute Gasteiger partial charge is 0.507 e. The number of amides is 1. The molecule has 0 spiro atoms. The highest BCUT2D eigenvalue weighted by atomic mass is 32.1. The first-order chi connectivity index (χ1) is 8.32. The van der Waals surface area contributed by atoms with Gasteiger partial charge in [-0.25, -0.2) is 4.39 Å². The highest BCUT2D eigenvalue weighted by Gasteiger charge is 2.22. The van der Waals surface area contributed by atoms with Gasteiger partial charge in [-0.05, 0) is 26.0 Å². The molecule has 0 heterocycles. The van der Waals surface area contributed by atoms with Gasteiger partial charge in [0.05, 0.1) is 17.1 Å². The number of benzene rings is 1. The van der Waals surface area contributed by atoms with Gasteiger partial charge >= 0.3 is 0 Å². The third-order valence-corrected chi connectivity index (χ3v) is 2.53. The minimum Gasteiger partial charge on any atom is -0.507 e. The molecule has 0 radical (unpaired) electrons. The molecule has 3 N–H and O–H groups in total. The van der Waals surface area contributed by atoms with Gasteiger partial charge in [-0.15, -0.1) is 0 Å². The van der Waals surface area contributed by atoms with E-state index in [-0.39, 0.29) is 23.1 Å². The Morgan fingerprint density at radius 3 is 2.61 bits per heavy atom. The van der Waals surface area contributed by atoms with E-state index in [0.29, 0.717) is 0 Å². The summed E-state index contributed by atoms with van der Waals surface area (Å²) in [6.07, 6.45) is 0. The van der Waals surface area contributed by atoms with E-state index in [9.17, 15) is 14.3 Å². The Balaban J connectivity index is 3.05. The number of halogens is 1. The van der Waals surface area contributed by atoms with E-state index in [4.69, 9.17) is 18.0 Å². The van der Waals surface area contributed by atoms with Gasteiger partial charge in [0.25, 0.3) is 5.91 Å². The first-order valence-electron chi connectivity index (χ1n) is 5.40. The van der Waals surface area contributed by atoms with E-state index in [1.807, 2.05) is 0 Å². The number of phenolic OH excluding ortho intramolecular Hbond substituents is 1. The van der Waals surface area contributed by atoms with Crippen LogP contribution in [0.2, 0.25) is 0 Å². The minimum absolute atomic E-state index is 0.0290. The molecule has 0 aliphatic heterocycles. The summed E-state index contributed by atoms with van der Waals surface area (Å²) in [5.41, 5.74) is 5.45. The Labute approximate surface area is 110 Å². The zero-order valence-electron chi connectivity index (χ0n) is 10.2. The molecule has 4 nitrogen and oxygen atoms in total. The Morgan fingerprint density at radius 1 is 1.56 bits per heavy atom. The topological polar surface area (TPSA) is 66.6 Å². The standard InChI is InChI=1S/C12H15FN2O2S/c1-7(2)15(6-11(14)18)12(17)9-4-3-8(13)5-10(9)16/h3-5,7,16H,6H2,1-2H3,(H2,14,18). The monoisotopic (exact) mass is 270 g/mol. The van der Waals surface area contributed by atoms with Gasteiger partial charge in [0.15, 0.2) is 0 Å². The van der Waals surface area contributed by atoms with Crippen LogP contribution in [-0.2, 0) is 0 Å². The molecule has 1 rings (SSSR count). The Kier molecular flexibility index (Phi) is 4.61. The highest BCUT2D eigenvalue weighted by molar-refractivity contribution is 7.80. The summed E-state index contributed by atoms with van der Waals surface area (Å²) in [6, 6.07) is 3.11. The van der Waals surface area contributed by atoms with E-state index in [2.05, 4.69) is 0 Å². The Morgan fingerprint density at radius 2 is 2.17 bits per heavy atom. The predicted octanol–water partition coefficient (Wildman–Crippen LogP) is 1.67. The quantitative estimate of drug-likeness (QED) is 0.817. The number of carbonyl (C=O) groups is 1. The summed E-state index contributed by atoms with van der Waals surface area (Å²) in [7, 11) is 0. The molecule has 0 aromatic heterocycles. The van der Waals surface area contributed by atoms with Crippen LogP contribution in [0.15, 0.2) is 18.2 Å². The van der Waals surface area contributed by atoms with Gasteiger partial charge in [-0.3, -0.25) is 4.79 Å². The highest BCUT2D eigenvalue weighted by Crippen LogP contribution is 2.20. The molecule has 0 fully saturated rings. The fourth-order valence-corrected chi connectivity index (χ4v) is 1.64. The number of aromatic hydroxyl groups is 1. The fraction of sp³-hybridized carbons (Fsp3) is 0.333. The van der Waals surface area contributed by atoms with Gasteiger partial charge in [0, 0.05) is 12.1 Å². The first-order valence-corrected chi connectivity index (χ1v) is 5.81. The molecule has 0 saturated carbocycles. The van der Waals surface area contributed by atoms with Crippen LogP contribution in [0.3, 0.4) is 0 Å². The second kappa shape index (κ2) is 5.77. The normalized spacial score (nSPS) is 10.4. The maximum absolute atomic E-state index is 12.9. The molecule has 0 saturated heterocycles. The number of carbonyl (C=O) groups excluding carboxylic acids is 1. The van der Waals surface area contributed by atoms with Crippen LogP contribution in [0, 0.1) is 5.82 Å². The molecule has 0 atom stereocenters. The lowest BCUT2D eigenvalue weighted by molar-refractivity contribution is 0.0733. The SMILES string of the molecule is CC(C)N(CC(N)=S)C(=O)c1ccc(F)cc1O. The summed E-state index contributed by atoms with van der Waals surface area (Å²) in [4.78, 5) is 13.8. The average molecular weight is 270 g/mol. The van der Waals surface area contributed by atoms with Crippen molar-refractivity contribution in [3.05, 3.63) is 29.6 Å². The number of hydrogen-bond acceptors (Lipinski definition) is 3. The van der Waals surface area contributed by atoms with Crippen LogP contribution >= 0.6 is 12.2 Å². The Hall–Kier alpha value is -1.69. The summed E-state index contributed by atoms with van der Waals surface area (Å²) in [5, 5.41) is 9.57. The van der Waals surface area contributed by atoms with Crippen molar-refractivity contribution in [1.82, 2.24) is 4.90 Å². The van der Waals surface area contributed by atoms with Gasteiger partial charge in [-0.1, -0.05) is 12.2 Å². The molecule has 6 heteroatoms. The third kappa shape index (κ3) is 3.40. The zero-order valence-corrected chi connectivity index (χ0v) is 11.0. The van der Waals surface area contributed by atoms with Gasteiger partial charge in [-0.2, -0.15) is 0 Å². The van der Waals surface area contributed by atoms with Crippen molar-refractivity contribution in [3.8, 4) is 5.75 Å². The van der Waals surface area contributed by atoms with Gasteiger partial charge in [0.2, 0.25) is 0 Å². The van der Waals surface area contributed by atoms with E-state index in [1.165, 1.54) is 11.0 Å². The van der Waals surface area contributed by atoms with E-state index in [0.717, 1.165) is 12.1 Å². The smallest absolute Gasteiger partial charge is 0.258 e. The van der Waals surface area contributed by atoms with Crippen molar-refractivity contribution in [1.29, 1.82) is 0 Å². The van der Waals surface area contributed by atoms with Gasteiger partial charge in [0.1, 0.15) is 11.6 Å².